The summed E-state index contributed by atoms with van der Waals surface area (Å²) in [6, 6.07) is 6.49. The summed E-state index contributed by atoms with van der Waals surface area (Å²) < 4.78 is 6.56. The quantitative estimate of drug-likeness (QED) is 0.598. The van der Waals surface area contributed by atoms with Gasteiger partial charge in [0.05, 0.1) is 7.11 Å². The van der Waals surface area contributed by atoms with Crippen LogP contribution in [0.5, 0.6) is 5.75 Å². The summed E-state index contributed by atoms with van der Waals surface area (Å²) in [6.45, 7) is 2.30. The van der Waals surface area contributed by atoms with E-state index in [9.17, 15) is 0 Å². The van der Waals surface area contributed by atoms with E-state index in [1.807, 2.05) is 12.1 Å². The Morgan fingerprint density at radius 3 is 2.62 bits per heavy atom. The number of hydrogen-bond donors (Lipinski definition) is 2. The zero-order valence-electron chi connectivity index (χ0n) is 13.1. The topological polar surface area (TPSA) is 47.3 Å². The zero-order chi connectivity index (χ0) is 15.2. The molecular formula is C17H27BrN2O. The van der Waals surface area contributed by atoms with Gasteiger partial charge in [-0.05, 0) is 54.9 Å². The van der Waals surface area contributed by atoms with Gasteiger partial charge in [-0.1, -0.05) is 42.1 Å². The zero-order valence-corrected chi connectivity index (χ0v) is 14.7. The molecule has 118 valence electrons. The van der Waals surface area contributed by atoms with Crippen molar-refractivity contribution in [3.05, 3.63) is 28.2 Å². The van der Waals surface area contributed by atoms with Gasteiger partial charge < -0.3 is 4.74 Å². The molecule has 0 aromatic heterocycles. The average Bonchev–Trinajstić information content (AvgIpc) is 2.53. The molecule has 0 bridgehead atoms. The maximum atomic E-state index is 5.85. The molecule has 1 atom stereocenters. The lowest BCUT2D eigenvalue weighted by Gasteiger charge is -2.33. The van der Waals surface area contributed by atoms with Crippen molar-refractivity contribution < 1.29 is 4.74 Å². The Labute approximate surface area is 136 Å². The number of hydrogen-bond acceptors (Lipinski definition) is 3. The standard InChI is InChI=1S/C17H27BrN2O/c1-3-12-4-6-13(7-5-12)16(20-19)11-14-10-15(18)8-9-17(14)21-2/h8-10,12-13,16,20H,3-7,11,19H2,1-2H3. The first kappa shape index (κ1) is 16.8. The van der Waals surface area contributed by atoms with Crippen LogP contribution < -0.4 is 16.0 Å². The van der Waals surface area contributed by atoms with Crippen molar-refractivity contribution in [3.8, 4) is 5.75 Å². The molecule has 0 heterocycles. The molecule has 21 heavy (non-hydrogen) atoms. The molecule has 1 saturated carbocycles. The van der Waals surface area contributed by atoms with E-state index in [2.05, 4.69) is 34.3 Å². The SMILES string of the molecule is CCC1CCC(C(Cc2cc(Br)ccc2OC)NN)CC1. The molecule has 1 fully saturated rings. The van der Waals surface area contributed by atoms with Crippen molar-refractivity contribution in [1.29, 1.82) is 0 Å². The van der Waals surface area contributed by atoms with Crippen LogP contribution in [0.15, 0.2) is 22.7 Å². The lowest BCUT2D eigenvalue weighted by Crippen LogP contribution is -2.43. The van der Waals surface area contributed by atoms with E-state index in [-0.39, 0.29) is 0 Å². The average molecular weight is 355 g/mol. The van der Waals surface area contributed by atoms with Gasteiger partial charge >= 0.3 is 0 Å². The molecule has 0 spiro atoms. The van der Waals surface area contributed by atoms with Crippen LogP contribution in [0.4, 0.5) is 0 Å². The minimum absolute atomic E-state index is 0.325. The molecule has 3 nitrogen and oxygen atoms in total. The Kier molecular flexibility index (Phi) is 6.52. The number of nitrogens with two attached hydrogens (primary N) is 1. The number of halogens is 1. The first-order valence-electron chi connectivity index (χ1n) is 7.96. The van der Waals surface area contributed by atoms with Crippen molar-refractivity contribution in [2.45, 2.75) is 51.5 Å². The fourth-order valence-electron chi connectivity index (χ4n) is 3.50. The van der Waals surface area contributed by atoms with Gasteiger partial charge in [0.15, 0.2) is 0 Å². The number of hydrazine groups is 1. The van der Waals surface area contributed by atoms with E-state index in [0.717, 1.165) is 22.6 Å². The van der Waals surface area contributed by atoms with E-state index in [0.29, 0.717) is 12.0 Å². The summed E-state index contributed by atoms with van der Waals surface area (Å²) >= 11 is 3.54. The number of ether oxygens (including phenoxy) is 1. The van der Waals surface area contributed by atoms with E-state index < -0.39 is 0 Å². The molecule has 1 aromatic carbocycles. The molecule has 1 aromatic rings. The fraction of sp³-hybridized carbons (Fsp3) is 0.647. The van der Waals surface area contributed by atoms with E-state index >= 15 is 0 Å². The highest BCUT2D eigenvalue weighted by Gasteiger charge is 2.27. The molecule has 1 unspecified atom stereocenters. The third-order valence-electron chi connectivity index (χ3n) is 4.93. The summed E-state index contributed by atoms with van der Waals surface area (Å²) in [6.07, 6.45) is 7.48. The highest BCUT2D eigenvalue weighted by molar-refractivity contribution is 9.10. The smallest absolute Gasteiger partial charge is 0.122 e. The summed E-state index contributed by atoms with van der Waals surface area (Å²) in [5, 5.41) is 0. The molecule has 0 saturated heterocycles. The Balaban J connectivity index is 2.04. The van der Waals surface area contributed by atoms with Crippen molar-refractivity contribution in [3.63, 3.8) is 0 Å². The monoisotopic (exact) mass is 354 g/mol. The van der Waals surface area contributed by atoms with Gasteiger partial charge in [0.2, 0.25) is 0 Å². The van der Waals surface area contributed by atoms with Gasteiger partial charge in [0.1, 0.15) is 5.75 Å². The van der Waals surface area contributed by atoms with Crippen molar-refractivity contribution in [2.24, 2.45) is 17.7 Å². The normalized spacial score (nSPS) is 23.8. The second-order valence-electron chi connectivity index (χ2n) is 6.12. The van der Waals surface area contributed by atoms with E-state index in [4.69, 9.17) is 10.6 Å². The Morgan fingerprint density at radius 1 is 1.33 bits per heavy atom. The van der Waals surface area contributed by atoms with Gasteiger partial charge in [-0.2, -0.15) is 0 Å². The molecule has 1 aliphatic carbocycles. The minimum Gasteiger partial charge on any atom is -0.496 e. The molecule has 2 rings (SSSR count). The molecule has 0 radical (unpaired) electrons. The summed E-state index contributed by atoms with van der Waals surface area (Å²) in [5.41, 5.74) is 4.27. The van der Waals surface area contributed by atoms with Crippen LogP contribution in [-0.2, 0) is 6.42 Å². The molecule has 4 heteroatoms. The molecule has 3 N–H and O–H groups in total. The van der Waals surface area contributed by atoms with Gasteiger partial charge in [-0.25, -0.2) is 0 Å². The summed E-state index contributed by atoms with van der Waals surface area (Å²) in [4.78, 5) is 0. The van der Waals surface area contributed by atoms with E-state index in [1.54, 1.807) is 7.11 Å². The van der Waals surface area contributed by atoms with Crippen LogP contribution in [-0.4, -0.2) is 13.2 Å². The molecule has 1 aliphatic rings. The summed E-state index contributed by atoms with van der Waals surface area (Å²) in [5.74, 6) is 8.38. The second kappa shape index (κ2) is 8.16. The Bertz CT molecular complexity index is 444. The van der Waals surface area contributed by atoms with Gasteiger partial charge in [-0.3, -0.25) is 11.3 Å². The molecular weight excluding hydrogens is 328 g/mol. The van der Waals surface area contributed by atoms with Crippen LogP contribution in [0.3, 0.4) is 0 Å². The van der Waals surface area contributed by atoms with Crippen molar-refractivity contribution in [2.75, 3.05) is 7.11 Å². The maximum Gasteiger partial charge on any atom is 0.122 e. The lowest BCUT2D eigenvalue weighted by atomic mass is 9.76. The van der Waals surface area contributed by atoms with Crippen LogP contribution in [0.25, 0.3) is 0 Å². The largest absolute Gasteiger partial charge is 0.496 e. The van der Waals surface area contributed by atoms with Gasteiger partial charge in [-0.15, -0.1) is 0 Å². The van der Waals surface area contributed by atoms with Crippen molar-refractivity contribution in [1.82, 2.24) is 5.43 Å². The highest BCUT2D eigenvalue weighted by atomic mass is 79.9. The van der Waals surface area contributed by atoms with Crippen LogP contribution in [0, 0.1) is 11.8 Å². The molecule has 0 aliphatic heterocycles. The fourth-order valence-corrected chi connectivity index (χ4v) is 3.91. The molecule has 0 amide bonds. The van der Waals surface area contributed by atoms with Gasteiger partial charge in [0, 0.05) is 10.5 Å². The first-order chi connectivity index (χ1) is 10.2. The maximum absolute atomic E-state index is 5.85. The second-order valence-corrected chi connectivity index (χ2v) is 7.04. The minimum atomic E-state index is 0.325. The number of rotatable bonds is 6. The Morgan fingerprint density at radius 2 is 2.05 bits per heavy atom. The number of methoxy groups -OCH3 is 1. The van der Waals surface area contributed by atoms with Crippen LogP contribution in [0.1, 0.15) is 44.6 Å². The number of nitrogens with one attached hydrogen (secondary N) is 1. The first-order valence-corrected chi connectivity index (χ1v) is 8.75. The van der Waals surface area contributed by atoms with Crippen LogP contribution in [0.2, 0.25) is 0 Å². The number of benzene rings is 1. The third-order valence-corrected chi connectivity index (χ3v) is 5.43. The predicted molar refractivity (Wildman–Crippen MR) is 91.2 cm³/mol. The van der Waals surface area contributed by atoms with Crippen molar-refractivity contribution >= 4 is 15.9 Å². The lowest BCUT2D eigenvalue weighted by molar-refractivity contribution is 0.216. The predicted octanol–water partition coefficient (Wildman–Crippen LogP) is 4.05. The van der Waals surface area contributed by atoms with E-state index in [1.165, 1.54) is 37.7 Å². The van der Waals surface area contributed by atoms with Crippen LogP contribution >= 0.6 is 15.9 Å². The van der Waals surface area contributed by atoms with Gasteiger partial charge in [0.25, 0.3) is 0 Å². The highest BCUT2D eigenvalue weighted by Crippen LogP contribution is 2.34. The third kappa shape index (κ3) is 4.44. The summed E-state index contributed by atoms with van der Waals surface area (Å²) in [7, 11) is 1.73. The Hall–Kier alpha value is -0.580.